The van der Waals surface area contributed by atoms with Crippen LogP contribution in [0.15, 0.2) is 40.3 Å². The fourth-order valence-corrected chi connectivity index (χ4v) is 2.83. The standard InChI is InChI=1S/C17H24N2O2S/c1-13(2)14(3)18-17(20)12-19(10-15-6-4-8-21-15)11-16-7-5-9-22-16/h4-9,13-14H,10-12H2,1-3H3,(H,18,20). The van der Waals surface area contributed by atoms with E-state index in [4.69, 9.17) is 4.42 Å². The van der Waals surface area contributed by atoms with Crippen LogP contribution in [0.4, 0.5) is 0 Å². The highest BCUT2D eigenvalue weighted by molar-refractivity contribution is 7.09. The summed E-state index contributed by atoms with van der Waals surface area (Å²) < 4.78 is 5.41. The Labute approximate surface area is 136 Å². The predicted molar refractivity (Wildman–Crippen MR) is 89.6 cm³/mol. The smallest absolute Gasteiger partial charge is 0.234 e. The van der Waals surface area contributed by atoms with Crippen molar-refractivity contribution in [1.82, 2.24) is 10.2 Å². The maximum Gasteiger partial charge on any atom is 0.234 e. The van der Waals surface area contributed by atoms with Gasteiger partial charge < -0.3 is 9.73 Å². The first-order valence-corrected chi connectivity index (χ1v) is 8.49. The van der Waals surface area contributed by atoms with Crippen molar-refractivity contribution in [3.63, 3.8) is 0 Å². The van der Waals surface area contributed by atoms with E-state index < -0.39 is 0 Å². The minimum absolute atomic E-state index is 0.0595. The first-order chi connectivity index (χ1) is 10.5. The summed E-state index contributed by atoms with van der Waals surface area (Å²) in [5.74, 6) is 1.37. The maximum absolute atomic E-state index is 12.2. The third-order valence-corrected chi connectivity index (χ3v) is 4.54. The Balaban J connectivity index is 1.96. The van der Waals surface area contributed by atoms with Gasteiger partial charge in [-0.2, -0.15) is 0 Å². The Bertz CT molecular complexity index is 513. The average Bonchev–Trinajstić information content (AvgIpc) is 3.11. The molecular formula is C17H24N2O2S. The van der Waals surface area contributed by atoms with Gasteiger partial charge in [0.05, 0.1) is 19.4 Å². The minimum Gasteiger partial charge on any atom is -0.468 e. The Morgan fingerprint density at radius 2 is 2.09 bits per heavy atom. The van der Waals surface area contributed by atoms with Crippen molar-refractivity contribution in [2.24, 2.45) is 5.92 Å². The van der Waals surface area contributed by atoms with Gasteiger partial charge in [-0.15, -0.1) is 11.3 Å². The number of carbonyl (C=O) groups is 1. The fraction of sp³-hybridized carbons (Fsp3) is 0.471. The van der Waals surface area contributed by atoms with Crippen molar-refractivity contribution in [3.8, 4) is 0 Å². The summed E-state index contributed by atoms with van der Waals surface area (Å²) in [4.78, 5) is 15.6. The number of rotatable bonds is 8. The molecule has 120 valence electrons. The minimum atomic E-state index is 0.0595. The van der Waals surface area contributed by atoms with E-state index in [1.54, 1.807) is 17.6 Å². The van der Waals surface area contributed by atoms with Gasteiger partial charge in [-0.05, 0) is 36.4 Å². The Morgan fingerprint density at radius 3 is 2.68 bits per heavy atom. The third-order valence-electron chi connectivity index (χ3n) is 3.67. The molecule has 0 saturated heterocycles. The van der Waals surface area contributed by atoms with Gasteiger partial charge in [0.15, 0.2) is 0 Å². The number of hydrogen-bond acceptors (Lipinski definition) is 4. The first kappa shape index (κ1) is 16.8. The molecule has 0 radical (unpaired) electrons. The van der Waals surface area contributed by atoms with Gasteiger partial charge in [-0.1, -0.05) is 19.9 Å². The molecule has 0 saturated carbocycles. The van der Waals surface area contributed by atoms with E-state index in [1.165, 1.54) is 4.88 Å². The number of thiophene rings is 1. The van der Waals surface area contributed by atoms with Crippen molar-refractivity contribution in [1.29, 1.82) is 0 Å². The molecule has 5 heteroatoms. The molecule has 1 N–H and O–H groups in total. The lowest BCUT2D eigenvalue weighted by Crippen LogP contribution is -2.42. The van der Waals surface area contributed by atoms with Crippen LogP contribution in [0.3, 0.4) is 0 Å². The second kappa shape index (κ2) is 8.15. The van der Waals surface area contributed by atoms with Gasteiger partial charge in [0.1, 0.15) is 5.76 Å². The molecule has 2 heterocycles. The van der Waals surface area contributed by atoms with Crippen LogP contribution in [0.2, 0.25) is 0 Å². The highest BCUT2D eigenvalue weighted by Crippen LogP contribution is 2.14. The average molecular weight is 320 g/mol. The summed E-state index contributed by atoms with van der Waals surface area (Å²) in [5, 5.41) is 5.12. The number of furan rings is 1. The summed E-state index contributed by atoms with van der Waals surface area (Å²) in [5.41, 5.74) is 0. The van der Waals surface area contributed by atoms with Gasteiger partial charge in [0.25, 0.3) is 0 Å². The quantitative estimate of drug-likeness (QED) is 0.809. The zero-order valence-corrected chi connectivity index (χ0v) is 14.2. The summed E-state index contributed by atoms with van der Waals surface area (Å²) in [7, 11) is 0. The molecule has 0 spiro atoms. The van der Waals surface area contributed by atoms with E-state index in [0.717, 1.165) is 12.3 Å². The topological polar surface area (TPSA) is 45.5 Å². The van der Waals surface area contributed by atoms with Crippen LogP contribution in [0.1, 0.15) is 31.4 Å². The SMILES string of the molecule is CC(C)C(C)NC(=O)CN(Cc1ccco1)Cc1cccs1. The summed E-state index contributed by atoms with van der Waals surface area (Å²) in [6.07, 6.45) is 1.67. The van der Waals surface area contributed by atoms with Crippen molar-refractivity contribution in [2.45, 2.75) is 39.9 Å². The predicted octanol–water partition coefficient (Wildman–Crippen LogP) is 3.50. The molecule has 0 aromatic carbocycles. The molecular weight excluding hydrogens is 296 g/mol. The molecule has 2 rings (SSSR count). The molecule has 1 atom stereocenters. The van der Waals surface area contributed by atoms with E-state index in [2.05, 4.69) is 35.5 Å². The van der Waals surface area contributed by atoms with Crippen molar-refractivity contribution < 1.29 is 9.21 Å². The number of carbonyl (C=O) groups excluding carboxylic acids is 1. The first-order valence-electron chi connectivity index (χ1n) is 7.61. The molecule has 4 nitrogen and oxygen atoms in total. The van der Waals surface area contributed by atoms with Gasteiger partial charge in [-0.25, -0.2) is 0 Å². The largest absolute Gasteiger partial charge is 0.468 e. The summed E-state index contributed by atoms with van der Waals surface area (Å²) in [6, 6.07) is 8.12. The molecule has 0 aliphatic rings. The molecule has 0 aliphatic heterocycles. The molecule has 0 bridgehead atoms. The highest BCUT2D eigenvalue weighted by atomic mass is 32.1. The van der Waals surface area contributed by atoms with Crippen LogP contribution in [0, 0.1) is 5.92 Å². The molecule has 22 heavy (non-hydrogen) atoms. The molecule has 1 unspecified atom stereocenters. The van der Waals surface area contributed by atoms with E-state index in [9.17, 15) is 4.79 Å². The second-order valence-corrected chi connectivity index (χ2v) is 6.94. The fourth-order valence-electron chi connectivity index (χ4n) is 2.08. The van der Waals surface area contributed by atoms with Gasteiger partial charge in [-0.3, -0.25) is 9.69 Å². The normalized spacial score (nSPS) is 12.8. The van der Waals surface area contributed by atoms with Crippen molar-refractivity contribution in [3.05, 3.63) is 46.5 Å². The van der Waals surface area contributed by atoms with E-state index >= 15 is 0 Å². The lowest BCUT2D eigenvalue weighted by molar-refractivity contribution is -0.123. The Hall–Kier alpha value is -1.59. The Kier molecular flexibility index (Phi) is 6.21. The maximum atomic E-state index is 12.2. The van der Waals surface area contributed by atoms with Gasteiger partial charge in [0, 0.05) is 17.5 Å². The molecule has 2 aromatic rings. The monoisotopic (exact) mass is 320 g/mol. The van der Waals surface area contributed by atoms with E-state index in [0.29, 0.717) is 19.0 Å². The molecule has 0 fully saturated rings. The second-order valence-electron chi connectivity index (χ2n) is 5.90. The zero-order chi connectivity index (χ0) is 15.9. The van der Waals surface area contributed by atoms with Crippen LogP contribution < -0.4 is 5.32 Å². The van der Waals surface area contributed by atoms with Crippen LogP contribution >= 0.6 is 11.3 Å². The third kappa shape index (κ3) is 5.31. The molecule has 2 aromatic heterocycles. The summed E-state index contributed by atoms with van der Waals surface area (Å²) >= 11 is 1.71. The van der Waals surface area contributed by atoms with E-state index in [-0.39, 0.29) is 11.9 Å². The van der Waals surface area contributed by atoms with Crippen LogP contribution in [-0.2, 0) is 17.9 Å². The van der Waals surface area contributed by atoms with Gasteiger partial charge >= 0.3 is 0 Å². The van der Waals surface area contributed by atoms with E-state index in [1.807, 2.05) is 25.1 Å². The van der Waals surface area contributed by atoms with Crippen LogP contribution in [0.25, 0.3) is 0 Å². The van der Waals surface area contributed by atoms with Gasteiger partial charge in [0.2, 0.25) is 5.91 Å². The number of nitrogens with one attached hydrogen (secondary N) is 1. The van der Waals surface area contributed by atoms with Crippen molar-refractivity contribution in [2.75, 3.05) is 6.54 Å². The van der Waals surface area contributed by atoms with Crippen LogP contribution in [-0.4, -0.2) is 23.4 Å². The molecule has 1 amide bonds. The number of amides is 1. The van der Waals surface area contributed by atoms with Crippen LogP contribution in [0.5, 0.6) is 0 Å². The summed E-state index contributed by atoms with van der Waals surface area (Å²) in [6.45, 7) is 8.01. The zero-order valence-electron chi connectivity index (χ0n) is 13.4. The van der Waals surface area contributed by atoms with Crippen molar-refractivity contribution >= 4 is 17.2 Å². The molecule has 0 aliphatic carbocycles. The lowest BCUT2D eigenvalue weighted by Gasteiger charge is -2.23. The number of nitrogens with zero attached hydrogens (tertiary/aromatic N) is 1. The highest BCUT2D eigenvalue weighted by Gasteiger charge is 2.16. The number of hydrogen-bond donors (Lipinski definition) is 1. The Morgan fingerprint density at radius 1 is 1.27 bits per heavy atom. The lowest BCUT2D eigenvalue weighted by atomic mass is 10.1.